The highest BCUT2D eigenvalue weighted by atomic mass is 32.1. The molecule has 0 saturated heterocycles. The van der Waals surface area contributed by atoms with Crippen LogP contribution >= 0.6 is 11.3 Å². The molecular weight excluding hydrogens is 204 g/mol. The van der Waals surface area contributed by atoms with Gasteiger partial charge in [0.25, 0.3) is 0 Å². The molecule has 1 aromatic rings. The zero-order valence-corrected chi connectivity index (χ0v) is 8.58. The van der Waals surface area contributed by atoms with Crippen LogP contribution in [0.1, 0.15) is 6.42 Å². The Morgan fingerprint density at radius 2 is 2.64 bits per heavy atom. The zero-order chi connectivity index (χ0) is 10.4. The van der Waals surface area contributed by atoms with E-state index in [9.17, 15) is 4.79 Å². The Morgan fingerprint density at radius 3 is 3.14 bits per heavy atom. The molecule has 6 heteroatoms. The minimum absolute atomic E-state index is 0.412. The number of carbonyl (C=O) groups is 1. The third kappa shape index (κ3) is 3.31. The van der Waals surface area contributed by atoms with Gasteiger partial charge in [0, 0.05) is 31.7 Å². The predicted octanol–water partition coefficient (Wildman–Crippen LogP) is 1.04. The van der Waals surface area contributed by atoms with Gasteiger partial charge in [0.1, 0.15) is 6.04 Å². The highest BCUT2D eigenvalue weighted by Gasteiger charge is 2.17. The first kappa shape index (κ1) is 10.9. The lowest BCUT2D eigenvalue weighted by Gasteiger charge is -2.12. The van der Waals surface area contributed by atoms with E-state index < -0.39 is 12.0 Å². The highest BCUT2D eigenvalue weighted by molar-refractivity contribution is 7.13. The highest BCUT2D eigenvalue weighted by Crippen LogP contribution is 2.13. The molecule has 0 bridgehead atoms. The van der Waals surface area contributed by atoms with E-state index in [1.165, 1.54) is 11.3 Å². The molecule has 0 aliphatic carbocycles. The molecule has 1 rings (SSSR count). The number of hydrogen-bond donors (Lipinski definition) is 2. The summed E-state index contributed by atoms with van der Waals surface area (Å²) >= 11 is 1.38. The van der Waals surface area contributed by atoms with Crippen molar-refractivity contribution in [3.05, 3.63) is 11.6 Å². The van der Waals surface area contributed by atoms with E-state index in [-0.39, 0.29) is 0 Å². The molecule has 78 valence electrons. The molecule has 1 heterocycles. The summed E-state index contributed by atoms with van der Waals surface area (Å²) in [6.07, 6.45) is 2.05. The van der Waals surface area contributed by atoms with E-state index in [0.29, 0.717) is 18.2 Å². The smallest absolute Gasteiger partial charge is 0.326 e. The van der Waals surface area contributed by atoms with Crippen molar-refractivity contribution >= 4 is 22.4 Å². The second kappa shape index (κ2) is 5.56. The van der Waals surface area contributed by atoms with Crippen LogP contribution in [0, 0.1) is 0 Å². The SMILES string of the molecule is COCCC(Nc1nccs1)C(=O)O. The average Bonchev–Trinajstić information content (AvgIpc) is 2.64. The van der Waals surface area contributed by atoms with Crippen LogP contribution in [-0.4, -0.2) is 35.8 Å². The van der Waals surface area contributed by atoms with E-state index in [0.717, 1.165) is 0 Å². The third-order valence-electron chi connectivity index (χ3n) is 1.64. The molecule has 0 fully saturated rings. The Kier molecular flexibility index (Phi) is 4.34. The van der Waals surface area contributed by atoms with Crippen molar-refractivity contribution in [2.75, 3.05) is 19.0 Å². The van der Waals surface area contributed by atoms with Crippen molar-refractivity contribution in [3.63, 3.8) is 0 Å². The average molecular weight is 216 g/mol. The first-order chi connectivity index (χ1) is 6.74. The van der Waals surface area contributed by atoms with Gasteiger partial charge in [-0.2, -0.15) is 0 Å². The van der Waals surface area contributed by atoms with E-state index in [4.69, 9.17) is 9.84 Å². The Balaban J connectivity index is 2.47. The maximum Gasteiger partial charge on any atom is 0.326 e. The van der Waals surface area contributed by atoms with Gasteiger partial charge in [-0.05, 0) is 0 Å². The van der Waals surface area contributed by atoms with Crippen molar-refractivity contribution in [1.82, 2.24) is 4.98 Å². The van der Waals surface area contributed by atoms with Crippen LogP contribution in [-0.2, 0) is 9.53 Å². The summed E-state index contributed by atoms with van der Waals surface area (Å²) in [6, 6.07) is -0.638. The van der Waals surface area contributed by atoms with Crippen LogP contribution in [0.15, 0.2) is 11.6 Å². The number of aromatic nitrogens is 1. The van der Waals surface area contributed by atoms with Crippen LogP contribution in [0.5, 0.6) is 0 Å². The van der Waals surface area contributed by atoms with Gasteiger partial charge in [-0.1, -0.05) is 0 Å². The fourth-order valence-electron chi connectivity index (χ4n) is 0.937. The molecular formula is C8H12N2O3S. The number of nitrogens with zero attached hydrogens (tertiary/aromatic N) is 1. The second-order valence-corrected chi connectivity index (χ2v) is 3.55. The van der Waals surface area contributed by atoms with Gasteiger partial charge in [0.05, 0.1) is 0 Å². The molecule has 2 N–H and O–H groups in total. The van der Waals surface area contributed by atoms with Gasteiger partial charge in [-0.3, -0.25) is 0 Å². The number of thiazole rings is 1. The summed E-state index contributed by atoms with van der Waals surface area (Å²) < 4.78 is 4.82. The fraction of sp³-hybridized carbons (Fsp3) is 0.500. The number of carboxylic acid groups (broad SMARTS) is 1. The third-order valence-corrected chi connectivity index (χ3v) is 2.34. The van der Waals surface area contributed by atoms with Gasteiger partial charge in [-0.25, -0.2) is 9.78 Å². The van der Waals surface area contributed by atoms with Crippen LogP contribution in [0.25, 0.3) is 0 Å². The first-order valence-corrected chi connectivity index (χ1v) is 4.99. The molecule has 0 aliphatic heterocycles. The second-order valence-electron chi connectivity index (χ2n) is 2.65. The van der Waals surface area contributed by atoms with Crippen molar-refractivity contribution in [2.24, 2.45) is 0 Å². The minimum Gasteiger partial charge on any atom is -0.480 e. The monoisotopic (exact) mass is 216 g/mol. The summed E-state index contributed by atoms with van der Waals surface area (Å²) in [4.78, 5) is 14.7. The molecule has 1 atom stereocenters. The summed E-state index contributed by atoms with van der Waals surface area (Å²) in [7, 11) is 1.54. The largest absolute Gasteiger partial charge is 0.480 e. The van der Waals surface area contributed by atoms with Crippen LogP contribution in [0.2, 0.25) is 0 Å². The molecule has 1 unspecified atom stereocenters. The van der Waals surface area contributed by atoms with Crippen LogP contribution in [0.3, 0.4) is 0 Å². The van der Waals surface area contributed by atoms with Gasteiger partial charge in [0.2, 0.25) is 0 Å². The Bertz CT molecular complexity index is 276. The topological polar surface area (TPSA) is 71.5 Å². The fourth-order valence-corrected chi connectivity index (χ4v) is 1.52. The maximum atomic E-state index is 10.8. The van der Waals surface area contributed by atoms with Crippen molar-refractivity contribution in [3.8, 4) is 0 Å². The number of rotatable bonds is 6. The number of carboxylic acids is 1. The maximum absolute atomic E-state index is 10.8. The lowest BCUT2D eigenvalue weighted by molar-refractivity contribution is -0.138. The molecule has 0 saturated carbocycles. The Morgan fingerprint density at radius 1 is 1.86 bits per heavy atom. The molecule has 0 spiro atoms. The van der Waals surface area contributed by atoms with Crippen LogP contribution < -0.4 is 5.32 Å². The molecule has 14 heavy (non-hydrogen) atoms. The molecule has 0 aromatic carbocycles. The minimum atomic E-state index is -0.891. The van der Waals surface area contributed by atoms with E-state index in [1.807, 2.05) is 0 Å². The summed E-state index contributed by atoms with van der Waals surface area (Å²) in [6.45, 7) is 0.412. The molecule has 0 radical (unpaired) electrons. The summed E-state index contributed by atoms with van der Waals surface area (Å²) in [5.41, 5.74) is 0. The molecule has 0 amide bonds. The normalized spacial score (nSPS) is 12.4. The van der Waals surface area contributed by atoms with Gasteiger partial charge in [-0.15, -0.1) is 11.3 Å². The quantitative estimate of drug-likeness (QED) is 0.743. The van der Waals surface area contributed by atoms with Crippen molar-refractivity contribution in [2.45, 2.75) is 12.5 Å². The van der Waals surface area contributed by atoms with Crippen LogP contribution in [0.4, 0.5) is 5.13 Å². The van der Waals surface area contributed by atoms with Crippen molar-refractivity contribution < 1.29 is 14.6 Å². The number of nitrogens with one attached hydrogen (secondary N) is 1. The number of ether oxygens (including phenoxy) is 1. The van der Waals surface area contributed by atoms with Gasteiger partial charge in [0.15, 0.2) is 5.13 Å². The standard InChI is InChI=1S/C8H12N2O3S/c1-13-4-2-6(7(11)12)10-8-9-3-5-14-8/h3,5-6H,2,4H2,1H3,(H,9,10)(H,11,12). The Hall–Kier alpha value is -1.14. The van der Waals surface area contributed by atoms with Gasteiger partial charge >= 0.3 is 5.97 Å². The van der Waals surface area contributed by atoms with E-state index >= 15 is 0 Å². The zero-order valence-electron chi connectivity index (χ0n) is 7.77. The molecule has 0 aliphatic rings. The number of hydrogen-bond acceptors (Lipinski definition) is 5. The lowest BCUT2D eigenvalue weighted by Crippen LogP contribution is -2.30. The molecule has 1 aromatic heterocycles. The first-order valence-electron chi connectivity index (χ1n) is 4.12. The summed E-state index contributed by atoms with van der Waals surface area (Å²) in [5, 5.41) is 14.1. The number of methoxy groups -OCH3 is 1. The number of aliphatic carboxylic acids is 1. The number of anilines is 1. The van der Waals surface area contributed by atoms with Gasteiger partial charge < -0.3 is 15.2 Å². The van der Waals surface area contributed by atoms with Crippen molar-refractivity contribution in [1.29, 1.82) is 0 Å². The predicted molar refractivity (Wildman–Crippen MR) is 53.7 cm³/mol. The van der Waals surface area contributed by atoms with E-state index in [2.05, 4.69) is 10.3 Å². The summed E-state index contributed by atoms with van der Waals surface area (Å²) in [5.74, 6) is -0.891. The molecule has 5 nitrogen and oxygen atoms in total. The van der Waals surface area contributed by atoms with E-state index in [1.54, 1.807) is 18.7 Å². The Labute approximate surface area is 85.7 Å². The lowest BCUT2D eigenvalue weighted by atomic mass is 10.2.